The van der Waals surface area contributed by atoms with Gasteiger partial charge in [0, 0.05) is 11.7 Å². The number of rotatable bonds is 4. The Morgan fingerprint density at radius 1 is 1.04 bits per heavy atom. The molecular formula is C18H25N5. The average molecular weight is 311 g/mol. The van der Waals surface area contributed by atoms with Gasteiger partial charge in [0.05, 0.1) is 6.20 Å². The first-order valence-corrected chi connectivity index (χ1v) is 8.51. The summed E-state index contributed by atoms with van der Waals surface area (Å²) in [7, 11) is 0. The molecule has 1 heterocycles. The molecule has 1 aromatic heterocycles. The van der Waals surface area contributed by atoms with Crippen LogP contribution in [-0.2, 0) is 0 Å². The zero-order chi connectivity index (χ0) is 16.1. The van der Waals surface area contributed by atoms with Crippen molar-refractivity contribution in [2.24, 2.45) is 0 Å². The summed E-state index contributed by atoms with van der Waals surface area (Å²) in [5.74, 6) is 1.34. The summed E-state index contributed by atoms with van der Waals surface area (Å²) in [5, 5.41) is 15.0. The van der Waals surface area contributed by atoms with Gasteiger partial charge >= 0.3 is 0 Å². The van der Waals surface area contributed by atoms with E-state index in [9.17, 15) is 0 Å². The molecule has 122 valence electrons. The predicted molar refractivity (Wildman–Crippen MR) is 94.1 cm³/mol. The highest BCUT2D eigenvalue weighted by atomic mass is 15.3. The lowest BCUT2D eigenvalue weighted by atomic mass is 10.1. The van der Waals surface area contributed by atoms with Gasteiger partial charge in [-0.2, -0.15) is 10.1 Å². The smallest absolute Gasteiger partial charge is 0.249 e. The first-order chi connectivity index (χ1) is 11.2. The van der Waals surface area contributed by atoms with E-state index in [0.29, 0.717) is 12.0 Å². The van der Waals surface area contributed by atoms with E-state index >= 15 is 0 Å². The van der Waals surface area contributed by atoms with Crippen molar-refractivity contribution in [1.29, 1.82) is 0 Å². The molecule has 23 heavy (non-hydrogen) atoms. The van der Waals surface area contributed by atoms with Gasteiger partial charge in [-0.15, -0.1) is 5.10 Å². The molecule has 0 radical (unpaired) electrons. The Hall–Kier alpha value is -2.17. The van der Waals surface area contributed by atoms with Crippen LogP contribution in [0.3, 0.4) is 0 Å². The lowest BCUT2D eigenvalue weighted by Crippen LogP contribution is -2.19. The van der Waals surface area contributed by atoms with Crippen LogP contribution >= 0.6 is 0 Å². The topological polar surface area (TPSA) is 62.7 Å². The van der Waals surface area contributed by atoms with E-state index in [4.69, 9.17) is 0 Å². The third-order valence-corrected chi connectivity index (χ3v) is 4.41. The van der Waals surface area contributed by atoms with Gasteiger partial charge < -0.3 is 10.6 Å². The molecule has 1 aliphatic rings. The Bertz CT molecular complexity index is 648. The minimum absolute atomic E-state index is 0.503. The lowest BCUT2D eigenvalue weighted by molar-refractivity contribution is 0.617. The fourth-order valence-electron chi connectivity index (χ4n) is 3.05. The molecule has 0 saturated heterocycles. The first-order valence-electron chi connectivity index (χ1n) is 8.51. The van der Waals surface area contributed by atoms with E-state index in [-0.39, 0.29) is 0 Å². The number of aryl methyl sites for hydroxylation is 2. The summed E-state index contributed by atoms with van der Waals surface area (Å²) in [5.41, 5.74) is 3.40. The third kappa shape index (κ3) is 4.41. The van der Waals surface area contributed by atoms with E-state index in [1.807, 2.05) is 0 Å². The summed E-state index contributed by atoms with van der Waals surface area (Å²) in [6.45, 7) is 4.15. The highest BCUT2D eigenvalue weighted by Crippen LogP contribution is 2.22. The molecule has 1 aromatic carbocycles. The lowest BCUT2D eigenvalue weighted by Gasteiger charge is -2.17. The van der Waals surface area contributed by atoms with Crippen molar-refractivity contribution in [3.05, 3.63) is 35.5 Å². The van der Waals surface area contributed by atoms with Crippen LogP contribution < -0.4 is 10.6 Å². The summed E-state index contributed by atoms with van der Waals surface area (Å²) in [4.78, 5) is 4.57. The summed E-state index contributed by atoms with van der Waals surface area (Å²) < 4.78 is 0. The fraction of sp³-hybridized carbons (Fsp3) is 0.500. The molecule has 2 N–H and O–H groups in total. The number of nitrogens with one attached hydrogen (secondary N) is 2. The Morgan fingerprint density at radius 2 is 1.83 bits per heavy atom. The average Bonchev–Trinajstić information content (AvgIpc) is 2.80. The Morgan fingerprint density at radius 3 is 2.61 bits per heavy atom. The monoisotopic (exact) mass is 311 g/mol. The van der Waals surface area contributed by atoms with E-state index in [2.05, 4.69) is 57.9 Å². The van der Waals surface area contributed by atoms with Crippen molar-refractivity contribution in [3.8, 4) is 0 Å². The van der Waals surface area contributed by atoms with Crippen LogP contribution in [0.15, 0.2) is 24.4 Å². The molecule has 2 aromatic rings. The molecular weight excluding hydrogens is 286 g/mol. The Labute approximate surface area is 137 Å². The molecule has 5 nitrogen and oxygen atoms in total. The number of nitrogens with zero attached hydrogens (tertiary/aromatic N) is 3. The van der Waals surface area contributed by atoms with E-state index < -0.39 is 0 Å². The molecule has 0 atom stereocenters. The Balaban J connectivity index is 1.70. The van der Waals surface area contributed by atoms with Crippen molar-refractivity contribution in [2.45, 2.75) is 58.4 Å². The number of benzene rings is 1. The molecule has 3 rings (SSSR count). The second-order valence-electron chi connectivity index (χ2n) is 6.44. The number of anilines is 3. The number of hydrogen-bond donors (Lipinski definition) is 2. The van der Waals surface area contributed by atoms with Crippen molar-refractivity contribution >= 4 is 17.5 Å². The van der Waals surface area contributed by atoms with Crippen LogP contribution in [0.2, 0.25) is 0 Å². The number of hydrogen-bond acceptors (Lipinski definition) is 5. The van der Waals surface area contributed by atoms with Crippen LogP contribution in [0.1, 0.15) is 49.7 Å². The van der Waals surface area contributed by atoms with E-state index in [1.54, 1.807) is 6.20 Å². The van der Waals surface area contributed by atoms with Crippen LogP contribution in [0.25, 0.3) is 0 Å². The van der Waals surface area contributed by atoms with Crippen LogP contribution in [0.5, 0.6) is 0 Å². The van der Waals surface area contributed by atoms with Crippen molar-refractivity contribution in [2.75, 3.05) is 10.6 Å². The minimum atomic E-state index is 0.503. The van der Waals surface area contributed by atoms with Gasteiger partial charge in [0.15, 0.2) is 5.82 Å². The van der Waals surface area contributed by atoms with Gasteiger partial charge in [0.25, 0.3) is 0 Å². The van der Waals surface area contributed by atoms with Crippen LogP contribution in [0, 0.1) is 13.8 Å². The van der Waals surface area contributed by atoms with Crippen LogP contribution in [0.4, 0.5) is 17.5 Å². The van der Waals surface area contributed by atoms with Crippen molar-refractivity contribution in [1.82, 2.24) is 15.2 Å². The first kappa shape index (κ1) is 15.7. The van der Waals surface area contributed by atoms with Crippen molar-refractivity contribution < 1.29 is 0 Å². The van der Waals surface area contributed by atoms with Gasteiger partial charge in [0.1, 0.15) is 0 Å². The van der Waals surface area contributed by atoms with Gasteiger partial charge in [-0.25, -0.2) is 0 Å². The zero-order valence-corrected chi connectivity index (χ0v) is 14.0. The maximum Gasteiger partial charge on any atom is 0.249 e. The second-order valence-corrected chi connectivity index (χ2v) is 6.44. The largest absolute Gasteiger partial charge is 0.366 e. The van der Waals surface area contributed by atoms with E-state index in [0.717, 1.165) is 11.5 Å². The molecule has 1 saturated carbocycles. The van der Waals surface area contributed by atoms with E-state index in [1.165, 1.54) is 49.7 Å². The van der Waals surface area contributed by atoms with Crippen LogP contribution in [-0.4, -0.2) is 21.2 Å². The summed E-state index contributed by atoms with van der Waals surface area (Å²) in [6, 6.07) is 6.80. The Kier molecular flexibility index (Phi) is 5.05. The van der Waals surface area contributed by atoms with Gasteiger partial charge in [0.2, 0.25) is 5.95 Å². The molecule has 0 unspecified atom stereocenters. The van der Waals surface area contributed by atoms with Gasteiger partial charge in [-0.1, -0.05) is 37.8 Å². The second kappa shape index (κ2) is 7.40. The summed E-state index contributed by atoms with van der Waals surface area (Å²) >= 11 is 0. The quantitative estimate of drug-likeness (QED) is 0.821. The molecule has 0 spiro atoms. The molecule has 0 bridgehead atoms. The number of aromatic nitrogens is 3. The third-order valence-electron chi connectivity index (χ3n) is 4.41. The fourth-order valence-corrected chi connectivity index (χ4v) is 3.05. The standard InChI is InChI=1S/C18H25N5/c1-13-9-10-14(2)16(11-13)21-18-22-17(12-19-23-18)20-15-7-5-3-4-6-8-15/h9-12,15H,3-8H2,1-2H3,(H2,20,21,22,23). The van der Waals surface area contributed by atoms with Crippen molar-refractivity contribution in [3.63, 3.8) is 0 Å². The normalized spacial score (nSPS) is 15.9. The molecule has 1 fully saturated rings. The minimum Gasteiger partial charge on any atom is -0.366 e. The molecule has 0 aliphatic heterocycles. The molecule has 5 heteroatoms. The highest BCUT2D eigenvalue weighted by molar-refractivity contribution is 5.59. The van der Waals surface area contributed by atoms with Gasteiger partial charge in [-0.3, -0.25) is 0 Å². The molecule has 0 amide bonds. The van der Waals surface area contributed by atoms with Gasteiger partial charge in [-0.05, 0) is 43.9 Å². The maximum absolute atomic E-state index is 4.57. The zero-order valence-electron chi connectivity index (χ0n) is 14.0. The summed E-state index contributed by atoms with van der Waals surface area (Å²) in [6.07, 6.45) is 9.42. The SMILES string of the molecule is Cc1ccc(C)c(Nc2nncc(NC3CCCCCC3)n2)c1. The highest BCUT2D eigenvalue weighted by Gasteiger charge is 2.13. The molecule has 1 aliphatic carbocycles. The predicted octanol–water partition coefficient (Wildman–Crippen LogP) is 4.37. The maximum atomic E-state index is 4.57.